The molecule has 3 aromatic rings. The van der Waals surface area contributed by atoms with Gasteiger partial charge in [0.15, 0.2) is 0 Å². The van der Waals surface area contributed by atoms with Crippen LogP contribution in [0.1, 0.15) is 11.1 Å². The number of aliphatic imine (C=N–C) groups is 1. The highest BCUT2D eigenvalue weighted by atomic mass is 79.9. The standard InChI is InChI=1S/C20H13Br2Cl2NO/c21-17-8-13(11-25-16-4-2-1-3-5-16)9-18(22)20(17)26-12-14-6-7-15(23)10-19(14)24/h1-11H,12H2. The molecule has 0 radical (unpaired) electrons. The zero-order valence-corrected chi connectivity index (χ0v) is 18.1. The third kappa shape index (κ3) is 5.10. The molecule has 0 atom stereocenters. The zero-order chi connectivity index (χ0) is 18.5. The molecule has 0 aromatic heterocycles. The van der Waals surface area contributed by atoms with E-state index in [4.69, 9.17) is 27.9 Å². The molecule has 2 nitrogen and oxygen atoms in total. The first-order valence-corrected chi connectivity index (χ1v) is 10.0. The van der Waals surface area contributed by atoms with Crippen molar-refractivity contribution in [1.29, 1.82) is 0 Å². The first-order chi connectivity index (χ1) is 12.5. The fourth-order valence-electron chi connectivity index (χ4n) is 2.24. The molecular formula is C20H13Br2Cl2NO. The third-order valence-corrected chi connectivity index (χ3v) is 5.29. The van der Waals surface area contributed by atoms with Crippen molar-refractivity contribution < 1.29 is 4.74 Å². The Bertz CT molecular complexity index is 923. The normalized spacial score (nSPS) is 11.1. The molecule has 0 fully saturated rings. The van der Waals surface area contributed by atoms with Crippen LogP contribution in [0.5, 0.6) is 5.75 Å². The van der Waals surface area contributed by atoms with Gasteiger partial charge in [0.05, 0.1) is 14.6 Å². The Morgan fingerprint density at radius 1 is 0.923 bits per heavy atom. The predicted molar refractivity (Wildman–Crippen MR) is 116 cm³/mol. The van der Waals surface area contributed by atoms with E-state index in [1.165, 1.54) is 0 Å². The van der Waals surface area contributed by atoms with Crippen LogP contribution in [0, 0.1) is 0 Å². The van der Waals surface area contributed by atoms with Crippen molar-refractivity contribution in [2.45, 2.75) is 6.61 Å². The summed E-state index contributed by atoms with van der Waals surface area (Å²) in [5, 5.41) is 1.18. The van der Waals surface area contributed by atoms with Crippen molar-refractivity contribution in [1.82, 2.24) is 0 Å². The van der Waals surface area contributed by atoms with Gasteiger partial charge in [-0.15, -0.1) is 0 Å². The maximum absolute atomic E-state index is 6.19. The van der Waals surface area contributed by atoms with E-state index in [0.29, 0.717) is 22.4 Å². The highest BCUT2D eigenvalue weighted by molar-refractivity contribution is 9.11. The number of halogens is 4. The van der Waals surface area contributed by atoms with E-state index in [1.807, 2.05) is 54.7 Å². The molecule has 3 rings (SSSR count). The first-order valence-electron chi connectivity index (χ1n) is 7.68. The van der Waals surface area contributed by atoms with Gasteiger partial charge in [-0.3, -0.25) is 4.99 Å². The Morgan fingerprint density at radius 2 is 1.62 bits per heavy atom. The molecule has 0 spiro atoms. The maximum Gasteiger partial charge on any atom is 0.148 e. The van der Waals surface area contributed by atoms with Gasteiger partial charge >= 0.3 is 0 Å². The second-order valence-corrected chi connectivity index (χ2v) is 7.98. The number of ether oxygens (including phenoxy) is 1. The van der Waals surface area contributed by atoms with Gasteiger partial charge in [-0.2, -0.15) is 0 Å². The summed E-state index contributed by atoms with van der Waals surface area (Å²) in [5.74, 6) is 0.702. The molecule has 0 heterocycles. The number of para-hydroxylation sites is 1. The maximum atomic E-state index is 6.19. The minimum atomic E-state index is 0.338. The van der Waals surface area contributed by atoms with E-state index in [-0.39, 0.29) is 0 Å². The smallest absolute Gasteiger partial charge is 0.148 e. The van der Waals surface area contributed by atoms with Crippen molar-refractivity contribution in [3.63, 3.8) is 0 Å². The Morgan fingerprint density at radius 3 is 2.27 bits per heavy atom. The predicted octanol–water partition coefficient (Wildman–Crippen LogP) is 7.85. The Labute approximate surface area is 179 Å². The fraction of sp³-hybridized carbons (Fsp3) is 0.0500. The molecule has 0 saturated carbocycles. The number of hydrogen-bond acceptors (Lipinski definition) is 2. The van der Waals surface area contributed by atoms with Crippen molar-refractivity contribution in [2.24, 2.45) is 4.99 Å². The van der Waals surface area contributed by atoms with Crippen molar-refractivity contribution in [2.75, 3.05) is 0 Å². The average molecular weight is 514 g/mol. The second kappa shape index (κ2) is 9.05. The fourth-order valence-corrected chi connectivity index (χ4v) is 4.16. The highest BCUT2D eigenvalue weighted by Crippen LogP contribution is 2.35. The van der Waals surface area contributed by atoms with E-state index in [2.05, 4.69) is 36.9 Å². The first kappa shape index (κ1) is 19.4. The van der Waals surface area contributed by atoms with E-state index < -0.39 is 0 Å². The SMILES string of the molecule is Clc1ccc(COc2c(Br)cc(C=Nc3ccccc3)cc2Br)c(Cl)c1. The summed E-state index contributed by atoms with van der Waals surface area (Å²) in [6.07, 6.45) is 1.81. The Kier molecular flexibility index (Phi) is 6.76. The van der Waals surface area contributed by atoms with Crippen molar-refractivity contribution >= 4 is 67.0 Å². The average Bonchev–Trinajstić information content (AvgIpc) is 2.62. The van der Waals surface area contributed by atoms with Crippen LogP contribution in [0.2, 0.25) is 10.0 Å². The molecule has 0 aliphatic carbocycles. The van der Waals surface area contributed by atoms with Gasteiger partial charge in [-0.1, -0.05) is 47.5 Å². The molecule has 3 aromatic carbocycles. The van der Waals surface area contributed by atoms with Gasteiger partial charge in [0, 0.05) is 21.8 Å². The molecule has 0 amide bonds. The lowest BCUT2D eigenvalue weighted by atomic mass is 10.2. The minimum absolute atomic E-state index is 0.338. The van der Waals surface area contributed by atoms with Crippen LogP contribution in [-0.2, 0) is 6.61 Å². The summed E-state index contributed by atoms with van der Waals surface area (Å²) >= 11 is 19.2. The van der Waals surface area contributed by atoms with Crippen LogP contribution in [0.25, 0.3) is 0 Å². The van der Waals surface area contributed by atoms with Crippen LogP contribution in [0.3, 0.4) is 0 Å². The number of benzene rings is 3. The summed E-state index contributed by atoms with van der Waals surface area (Å²) in [6, 6.07) is 19.0. The van der Waals surface area contributed by atoms with E-state index >= 15 is 0 Å². The van der Waals surface area contributed by atoms with E-state index in [9.17, 15) is 0 Å². The van der Waals surface area contributed by atoms with E-state index in [1.54, 1.807) is 12.1 Å². The zero-order valence-electron chi connectivity index (χ0n) is 13.4. The largest absolute Gasteiger partial charge is 0.486 e. The molecule has 0 unspecified atom stereocenters. The van der Waals surface area contributed by atoms with E-state index in [0.717, 1.165) is 25.8 Å². The van der Waals surface area contributed by atoms with Crippen LogP contribution in [-0.4, -0.2) is 6.21 Å². The van der Waals surface area contributed by atoms with Gasteiger partial charge in [0.2, 0.25) is 0 Å². The summed E-state index contributed by atoms with van der Waals surface area (Å²) < 4.78 is 7.58. The summed E-state index contributed by atoms with van der Waals surface area (Å²) in [6.45, 7) is 0.338. The minimum Gasteiger partial charge on any atom is -0.486 e. The quantitative estimate of drug-likeness (QED) is 0.318. The lowest BCUT2D eigenvalue weighted by molar-refractivity contribution is 0.302. The molecule has 0 aliphatic heterocycles. The lowest BCUT2D eigenvalue weighted by Crippen LogP contribution is -1.98. The van der Waals surface area contributed by atoms with Gasteiger partial charge in [0.25, 0.3) is 0 Å². The van der Waals surface area contributed by atoms with Crippen LogP contribution in [0.15, 0.2) is 74.6 Å². The van der Waals surface area contributed by atoms with Crippen LogP contribution >= 0.6 is 55.1 Å². The Balaban J connectivity index is 1.76. The summed E-state index contributed by atoms with van der Waals surface area (Å²) in [5.41, 5.74) is 2.71. The van der Waals surface area contributed by atoms with Gasteiger partial charge in [-0.25, -0.2) is 0 Å². The molecule has 26 heavy (non-hydrogen) atoms. The number of nitrogens with zero attached hydrogens (tertiary/aromatic N) is 1. The molecule has 132 valence electrons. The summed E-state index contributed by atoms with van der Waals surface area (Å²) in [4.78, 5) is 4.46. The topological polar surface area (TPSA) is 21.6 Å². The molecule has 0 saturated heterocycles. The van der Waals surface area contributed by atoms with Crippen LogP contribution in [0.4, 0.5) is 5.69 Å². The molecule has 0 N–H and O–H groups in total. The van der Waals surface area contributed by atoms with Crippen molar-refractivity contribution in [3.8, 4) is 5.75 Å². The summed E-state index contributed by atoms with van der Waals surface area (Å²) in [7, 11) is 0. The third-order valence-electron chi connectivity index (χ3n) is 3.53. The molecular weight excluding hydrogens is 501 g/mol. The number of rotatable bonds is 5. The number of hydrogen-bond donors (Lipinski definition) is 0. The second-order valence-electron chi connectivity index (χ2n) is 5.43. The molecule has 6 heteroatoms. The van der Waals surface area contributed by atoms with Gasteiger partial charge < -0.3 is 4.74 Å². The lowest BCUT2D eigenvalue weighted by Gasteiger charge is -2.12. The Hall–Kier alpha value is -1.33. The highest BCUT2D eigenvalue weighted by Gasteiger charge is 2.10. The van der Waals surface area contributed by atoms with Crippen LogP contribution < -0.4 is 4.74 Å². The molecule has 0 aliphatic rings. The monoisotopic (exact) mass is 511 g/mol. The van der Waals surface area contributed by atoms with Gasteiger partial charge in [0.1, 0.15) is 12.4 Å². The molecule has 0 bridgehead atoms. The van der Waals surface area contributed by atoms with Crippen molar-refractivity contribution in [3.05, 3.63) is 90.8 Å². The van der Waals surface area contributed by atoms with Gasteiger partial charge in [-0.05, 0) is 73.8 Å².